The lowest BCUT2D eigenvalue weighted by atomic mass is 9.89. The van der Waals surface area contributed by atoms with Crippen molar-refractivity contribution in [2.24, 2.45) is 5.92 Å². The van der Waals surface area contributed by atoms with Crippen LogP contribution in [0.2, 0.25) is 0 Å². The highest BCUT2D eigenvalue weighted by Gasteiger charge is 2.33. The van der Waals surface area contributed by atoms with Crippen LogP contribution in [0.5, 0.6) is 0 Å². The summed E-state index contributed by atoms with van der Waals surface area (Å²) >= 11 is 0. The molecule has 0 aliphatic carbocycles. The summed E-state index contributed by atoms with van der Waals surface area (Å²) < 4.78 is 37.0. The van der Waals surface area contributed by atoms with E-state index in [4.69, 9.17) is 28.4 Å². The minimum atomic E-state index is -0.836. The highest BCUT2D eigenvalue weighted by molar-refractivity contribution is 4.64. The zero-order valence-electron chi connectivity index (χ0n) is 37.9. The third-order valence-electron chi connectivity index (χ3n) is 10.6. The lowest BCUT2D eigenvalue weighted by molar-refractivity contribution is -0.384. The number of hydrogen-bond donors (Lipinski definition) is 0. The average molecular weight is 771 g/mol. The Labute approximate surface area is 339 Å². The zero-order chi connectivity index (χ0) is 39.7. The van der Waals surface area contributed by atoms with Gasteiger partial charge < -0.3 is 28.4 Å². The molecule has 0 saturated carbocycles. The number of rotatable bonds is 46. The van der Waals surface area contributed by atoms with Crippen molar-refractivity contribution in [1.82, 2.24) is 0 Å². The second-order valence-corrected chi connectivity index (χ2v) is 16.3. The highest BCUT2D eigenvalue weighted by atomic mass is 16.9. The van der Waals surface area contributed by atoms with Crippen molar-refractivity contribution in [3.63, 3.8) is 0 Å². The molecule has 0 unspecified atom stereocenters. The van der Waals surface area contributed by atoms with Crippen LogP contribution in [-0.2, 0) is 28.4 Å². The summed E-state index contributed by atoms with van der Waals surface area (Å²) in [4.78, 5) is 0. The summed E-state index contributed by atoms with van der Waals surface area (Å²) in [5, 5.41) is 0. The summed E-state index contributed by atoms with van der Waals surface area (Å²) in [6.07, 6.45) is 40.2. The van der Waals surface area contributed by atoms with Gasteiger partial charge in [-0.3, -0.25) is 0 Å². The lowest BCUT2D eigenvalue weighted by Gasteiger charge is -2.33. The molecule has 54 heavy (non-hydrogen) atoms. The molecule has 0 aromatic heterocycles. The van der Waals surface area contributed by atoms with E-state index in [-0.39, 0.29) is 0 Å². The maximum atomic E-state index is 6.17. The molecule has 0 atom stereocenters. The van der Waals surface area contributed by atoms with E-state index in [0.29, 0.717) is 39.6 Å². The van der Waals surface area contributed by atoms with Crippen LogP contribution in [0.3, 0.4) is 0 Å². The minimum absolute atomic E-state index is 0.690. The van der Waals surface area contributed by atoms with Gasteiger partial charge in [0.15, 0.2) is 0 Å². The smallest absolute Gasteiger partial charge is 0.282 e. The van der Waals surface area contributed by atoms with Gasteiger partial charge in [-0.1, -0.05) is 190 Å². The predicted octanol–water partition coefficient (Wildman–Crippen LogP) is 15.6. The maximum absolute atomic E-state index is 6.17. The quantitative estimate of drug-likeness (QED) is 0.0454. The number of hydrogen-bond acceptors (Lipinski definition) is 6. The Bertz CT molecular complexity index is 624. The van der Waals surface area contributed by atoms with Gasteiger partial charge in [0, 0.05) is 12.8 Å². The molecule has 326 valence electrons. The standard InChI is InChI=1S/C48H98O6/c1-8-15-16-17-20-25-30-35-46(36-31-26-21-18-23-28-33-38-47(49-40-9-2,50-41-10-3)51-42-11-4)37-32-27-22-19-24-29-34-39-48(52-43-12-5,53-44-13-6)54-45-14-7/h46H,8-45H2,1-7H3. The molecule has 0 amide bonds. The predicted molar refractivity (Wildman–Crippen MR) is 232 cm³/mol. The molecule has 0 N–H and O–H groups in total. The SMILES string of the molecule is CCCCCCCCCC(CCCCCCCCCC(OCCC)(OCCC)OCCC)CCCCCCCCCC(OCCC)(OCCC)OCCC. The maximum Gasteiger partial charge on any atom is 0.282 e. The molecule has 0 aliphatic heterocycles. The van der Waals surface area contributed by atoms with Crippen molar-refractivity contribution >= 4 is 0 Å². The molecule has 0 aromatic rings. The van der Waals surface area contributed by atoms with Crippen molar-refractivity contribution in [2.75, 3.05) is 39.6 Å². The molecule has 6 nitrogen and oxygen atoms in total. The van der Waals surface area contributed by atoms with E-state index < -0.39 is 11.9 Å². The molecule has 6 heteroatoms. The lowest BCUT2D eigenvalue weighted by Crippen LogP contribution is -2.40. The van der Waals surface area contributed by atoms with Crippen LogP contribution in [0.25, 0.3) is 0 Å². The van der Waals surface area contributed by atoms with Crippen LogP contribution < -0.4 is 0 Å². The van der Waals surface area contributed by atoms with E-state index in [1.165, 1.54) is 141 Å². The van der Waals surface area contributed by atoms with Gasteiger partial charge in [0.05, 0.1) is 39.6 Å². The van der Waals surface area contributed by atoms with Gasteiger partial charge in [0.2, 0.25) is 0 Å². The van der Waals surface area contributed by atoms with E-state index in [0.717, 1.165) is 70.1 Å². The Kier molecular flexibility index (Phi) is 40.8. The second kappa shape index (κ2) is 40.9. The van der Waals surface area contributed by atoms with Crippen LogP contribution in [0.4, 0.5) is 0 Å². The molecule has 0 saturated heterocycles. The first-order valence-corrected chi connectivity index (χ1v) is 24.3. The zero-order valence-corrected chi connectivity index (χ0v) is 37.9. The van der Waals surface area contributed by atoms with Crippen molar-refractivity contribution < 1.29 is 28.4 Å². The Morgan fingerprint density at radius 2 is 0.481 bits per heavy atom. The second-order valence-electron chi connectivity index (χ2n) is 16.3. The first-order chi connectivity index (χ1) is 26.5. The fraction of sp³-hybridized carbons (Fsp3) is 1.00. The fourth-order valence-electron chi connectivity index (χ4n) is 7.37. The molecule has 0 fully saturated rings. The highest BCUT2D eigenvalue weighted by Crippen LogP contribution is 2.28. The van der Waals surface area contributed by atoms with Crippen LogP contribution in [0, 0.1) is 5.92 Å². The van der Waals surface area contributed by atoms with E-state index >= 15 is 0 Å². The van der Waals surface area contributed by atoms with E-state index in [1.54, 1.807) is 0 Å². The summed E-state index contributed by atoms with van der Waals surface area (Å²) in [5.41, 5.74) is 0. The van der Waals surface area contributed by atoms with Gasteiger partial charge in [-0.2, -0.15) is 0 Å². The molecular weight excluding hydrogens is 673 g/mol. The third kappa shape index (κ3) is 31.8. The largest absolute Gasteiger partial charge is 0.327 e. The van der Waals surface area contributed by atoms with Gasteiger partial charge in [-0.15, -0.1) is 0 Å². The van der Waals surface area contributed by atoms with E-state index in [2.05, 4.69) is 48.5 Å². The van der Waals surface area contributed by atoms with E-state index in [9.17, 15) is 0 Å². The van der Waals surface area contributed by atoms with Gasteiger partial charge in [0.25, 0.3) is 11.9 Å². The van der Waals surface area contributed by atoms with Crippen molar-refractivity contribution in [2.45, 2.75) is 266 Å². The summed E-state index contributed by atoms with van der Waals surface area (Å²) in [5.74, 6) is -0.737. The normalized spacial score (nSPS) is 12.4. The summed E-state index contributed by atoms with van der Waals surface area (Å²) in [6, 6.07) is 0. The fourth-order valence-corrected chi connectivity index (χ4v) is 7.37. The van der Waals surface area contributed by atoms with Crippen molar-refractivity contribution in [3.05, 3.63) is 0 Å². The Morgan fingerprint density at radius 3 is 0.722 bits per heavy atom. The van der Waals surface area contributed by atoms with Gasteiger partial charge >= 0.3 is 0 Å². The molecule has 0 aromatic carbocycles. The Balaban J connectivity index is 4.51. The monoisotopic (exact) mass is 771 g/mol. The molecule has 0 heterocycles. The number of ether oxygens (including phenoxy) is 6. The Hall–Kier alpha value is -0.240. The molecule has 0 rings (SSSR count). The van der Waals surface area contributed by atoms with Crippen LogP contribution in [0.1, 0.15) is 254 Å². The first-order valence-electron chi connectivity index (χ1n) is 24.3. The molecule has 0 bridgehead atoms. The molecule has 0 radical (unpaired) electrons. The molecule has 0 spiro atoms. The van der Waals surface area contributed by atoms with Crippen LogP contribution in [-0.4, -0.2) is 51.6 Å². The topological polar surface area (TPSA) is 55.4 Å². The van der Waals surface area contributed by atoms with Crippen molar-refractivity contribution in [1.29, 1.82) is 0 Å². The third-order valence-corrected chi connectivity index (χ3v) is 10.6. The van der Waals surface area contributed by atoms with Crippen molar-refractivity contribution in [3.8, 4) is 0 Å². The van der Waals surface area contributed by atoms with Crippen LogP contribution in [0.15, 0.2) is 0 Å². The minimum Gasteiger partial charge on any atom is -0.327 e. The van der Waals surface area contributed by atoms with Gasteiger partial charge in [-0.25, -0.2) is 0 Å². The summed E-state index contributed by atoms with van der Waals surface area (Å²) in [7, 11) is 0. The van der Waals surface area contributed by atoms with Gasteiger partial charge in [0.1, 0.15) is 0 Å². The van der Waals surface area contributed by atoms with E-state index in [1.807, 2.05) is 0 Å². The van der Waals surface area contributed by atoms with Crippen LogP contribution >= 0.6 is 0 Å². The Morgan fingerprint density at radius 1 is 0.259 bits per heavy atom. The molecular formula is C48H98O6. The number of unbranched alkanes of at least 4 members (excludes halogenated alkanes) is 18. The first kappa shape index (κ1) is 53.8. The van der Waals surface area contributed by atoms with Gasteiger partial charge in [-0.05, 0) is 57.3 Å². The molecule has 0 aliphatic rings. The average Bonchev–Trinajstić information content (AvgIpc) is 3.19. The summed E-state index contributed by atoms with van der Waals surface area (Å²) in [6.45, 7) is 19.4.